The highest BCUT2D eigenvalue weighted by Gasteiger charge is 2.13. The van der Waals surface area contributed by atoms with Crippen molar-refractivity contribution in [1.29, 1.82) is 0 Å². The molecule has 0 saturated heterocycles. The van der Waals surface area contributed by atoms with E-state index in [1.807, 2.05) is 6.92 Å². The molecule has 0 bridgehead atoms. The first-order valence-electron chi connectivity index (χ1n) is 6.19. The quantitative estimate of drug-likeness (QED) is 0.897. The Labute approximate surface area is 116 Å². The van der Waals surface area contributed by atoms with Crippen molar-refractivity contribution in [1.82, 2.24) is 4.98 Å². The summed E-state index contributed by atoms with van der Waals surface area (Å²) >= 11 is 0. The van der Waals surface area contributed by atoms with Gasteiger partial charge in [0.05, 0.1) is 17.8 Å². The van der Waals surface area contributed by atoms with Crippen LogP contribution in [0.2, 0.25) is 0 Å². The van der Waals surface area contributed by atoms with E-state index in [2.05, 4.69) is 10.3 Å². The molecule has 1 heterocycles. The second kappa shape index (κ2) is 5.69. The topological polar surface area (TPSA) is 62.2 Å². The number of hydrogen-bond donors (Lipinski definition) is 2. The van der Waals surface area contributed by atoms with Crippen molar-refractivity contribution < 1.29 is 14.3 Å². The summed E-state index contributed by atoms with van der Waals surface area (Å²) in [7, 11) is 0. The summed E-state index contributed by atoms with van der Waals surface area (Å²) in [6.45, 7) is 3.60. The molecule has 0 aliphatic rings. The maximum Gasteiger partial charge on any atom is 0.336 e. The summed E-state index contributed by atoms with van der Waals surface area (Å²) in [6, 6.07) is 6.25. The highest BCUT2D eigenvalue weighted by molar-refractivity contribution is 5.91. The maximum absolute atomic E-state index is 13.1. The Kier molecular flexibility index (Phi) is 3.98. The summed E-state index contributed by atoms with van der Waals surface area (Å²) in [5, 5.41) is 12.3. The predicted molar refractivity (Wildman–Crippen MR) is 74.4 cm³/mol. The second-order valence-corrected chi connectivity index (χ2v) is 4.59. The van der Waals surface area contributed by atoms with Crippen LogP contribution in [0.25, 0.3) is 0 Å². The third-order valence-electron chi connectivity index (χ3n) is 3.16. The van der Waals surface area contributed by atoms with Crippen molar-refractivity contribution in [2.75, 3.05) is 5.32 Å². The smallest absolute Gasteiger partial charge is 0.336 e. The van der Waals surface area contributed by atoms with Crippen molar-refractivity contribution in [2.45, 2.75) is 19.9 Å². The van der Waals surface area contributed by atoms with Gasteiger partial charge in [-0.3, -0.25) is 4.98 Å². The van der Waals surface area contributed by atoms with E-state index in [1.165, 1.54) is 6.07 Å². The van der Waals surface area contributed by atoms with Gasteiger partial charge in [-0.2, -0.15) is 0 Å². The number of carboxylic acids is 1. The highest BCUT2D eigenvalue weighted by atomic mass is 19.1. The standard InChI is InChI=1S/C15H15FN2O2/c1-9-13(15(19)20)4-3-5-14(9)18-10(2)11-6-12(16)8-17-7-11/h3-8,10,18H,1-2H3,(H,19,20). The van der Waals surface area contributed by atoms with Crippen LogP contribution in [0.5, 0.6) is 0 Å². The van der Waals surface area contributed by atoms with Crippen molar-refractivity contribution in [2.24, 2.45) is 0 Å². The first-order chi connectivity index (χ1) is 9.49. The van der Waals surface area contributed by atoms with Crippen LogP contribution in [0.3, 0.4) is 0 Å². The highest BCUT2D eigenvalue weighted by Crippen LogP contribution is 2.24. The van der Waals surface area contributed by atoms with Gasteiger partial charge in [0.25, 0.3) is 0 Å². The zero-order chi connectivity index (χ0) is 14.7. The number of carboxylic acid groups (broad SMARTS) is 1. The van der Waals surface area contributed by atoms with Crippen LogP contribution in [-0.4, -0.2) is 16.1 Å². The largest absolute Gasteiger partial charge is 0.478 e. The molecule has 5 heteroatoms. The number of benzene rings is 1. The van der Waals surface area contributed by atoms with Gasteiger partial charge in [-0.15, -0.1) is 0 Å². The Morgan fingerprint density at radius 3 is 2.80 bits per heavy atom. The Balaban J connectivity index is 2.26. The summed E-state index contributed by atoms with van der Waals surface area (Å²) in [5.41, 5.74) is 2.31. The fourth-order valence-electron chi connectivity index (χ4n) is 2.01. The van der Waals surface area contributed by atoms with Crippen LogP contribution in [-0.2, 0) is 0 Å². The lowest BCUT2D eigenvalue weighted by Gasteiger charge is -2.18. The van der Waals surface area contributed by atoms with E-state index in [9.17, 15) is 9.18 Å². The van der Waals surface area contributed by atoms with Crippen LogP contribution >= 0.6 is 0 Å². The monoisotopic (exact) mass is 274 g/mol. The van der Waals surface area contributed by atoms with Gasteiger partial charge in [-0.05, 0) is 43.2 Å². The maximum atomic E-state index is 13.1. The molecular formula is C15H15FN2O2. The number of hydrogen-bond acceptors (Lipinski definition) is 3. The molecule has 2 N–H and O–H groups in total. The fourth-order valence-corrected chi connectivity index (χ4v) is 2.01. The van der Waals surface area contributed by atoms with Crippen molar-refractivity contribution >= 4 is 11.7 Å². The minimum absolute atomic E-state index is 0.180. The number of anilines is 1. The molecule has 104 valence electrons. The minimum atomic E-state index is -0.966. The Bertz CT molecular complexity index is 644. The van der Waals surface area contributed by atoms with E-state index in [1.54, 1.807) is 31.3 Å². The molecule has 1 aromatic heterocycles. The number of carbonyl (C=O) groups is 1. The van der Waals surface area contributed by atoms with Gasteiger partial charge >= 0.3 is 5.97 Å². The summed E-state index contributed by atoms with van der Waals surface area (Å²) < 4.78 is 13.1. The summed E-state index contributed by atoms with van der Waals surface area (Å²) in [5.74, 6) is -1.36. The molecule has 0 saturated carbocycles. The molecule has 20 heavy (non-hydrogen) atoms. The average Bonchev–Trinajstić information content (AvgIpc) is 2.40. The molecule has 0 aliphatic heterocycles. The van der Waals surface area contributed by atoms with E-state index in [0.29, 0.717) is 16.8 Å². The normalized spacial score (nSPS) is 11.9. The van der Waals surface area contributed by atoms with Crippen molar-refractivity contribution in [3.8, 4) is 0 Å². The minimum Gasteiger partial charge on any atom is -0.478 e. The van der Waals surface area contributed by atoms with Gasteiger partial charge < -0.3 is 10.4 Å². The summed E-state index contributed by atoms with van der Waals surface area (Å²) in [4.78, 5) is 14.9. The van der Waals surface area contributed by atoms with Crippen molar-refractivity contribution in [3.63, 3.8) is 0 Å². The lowest BCUT2D eigenvalue weighted by molar-refractivity contribution is 0.0696. The molecule has 4 nitrogen and oxygen atoms in total. The van der Waals surface area contributed by atoms with Gasteiger partial charge in [0, 0.05) is 11.9 Å². The average molecular weight is 274 g/mol. The molecular weight excluding hydrogens is 259 g/mol. The molecule has 2 rings (SSSR count). The van der Waals surface area contributed by atoms with Gasteiger partial charge in [-0.1, -0.05) is 6.07 Å². The zero-order valence-electron chi connectivity index (χ0n) is 11.2. The number of halogens is 1. The van der Waals surface area contributed by atoms with Gasteiger partial charge in [-0.25, -0.2) is 9.18 Å². The molecule has 2 aromatic rings. The lowest BCUT2D eigenvalue weighted by atomic mass is 10.0. The molecule has 1 atom stereocenters. The second-order valence-electron chi connectivity index (χ2n) is 4.59. The van der Waals surface area contributed by atoms with E-state index in [-0.39, 0.29) is 11.6 Å². The third-order valence-corrected chi connectivity index (χ3v) is 3.16. The Morgan fingerprint density at radius 2 is 2.15 bits per heavy atom. The number of aromatic carboxylic acids is 1. The van der Waals surface area contributed by atoms with E-state index < -0.39 is 11.8 Å². The Morgan fingerprint density at radius 1 is 1.40 bits per heavy atom. The number of aromatic nitrogens is 1. The number of pyridine rings is 1. The van der Waals surface area contributed by atoms with E-state index >= 15 is 0 Å². The number of nitrogens with one attached hydrogen (secondary N) is 1. The fraction of sp³-hybridized carbons (Fsp3) is 0.200. The third kappa shape index (κ3) is 2.93. The zero-order valence-corrected chi connectivity index (χ0v) is 11.2. The first kappa shape index (κ1) is 14.0. The number of nitrogens with zero attached hydrogens (tertiary/aromatic N) is 1. The molecule has 1 unspecified atom stereocenters. The number of rotatable bonds is 4. The predicted octanol–water partition coefficient (Wildman–Crippen LogP) is 3.40. The first-order valence-corrected chi connectivity index (χ1v) is 6.19. The molecule has 0 amide bonds. The van der Waals surface area contributed by atoms with Gasteiger partial charge in [0.15, 0.2) is 0 Å². The van der Waals surface area contributed by atoms with Crippen molar-refractivity contribution in [3.05, 3.63) is 59.2 Å². The molecule has 0 aliphatic carbocycles. The molecule has 0 fully saturated rings. The lowest BCUT2D eigenvalue weighted by Crippen LogP contribution is -2.10. The van der Waals surface area contributed by atoms with E-state index in [0.717, 1.165) is 6.20 Å². The van der Waals surface area contributed by atoms with Crippen LogP contribution in [0.4, 0.5) is 10.1 Å². The van der Waals surface area contributed by atoms with Crippen LogP contribution in [0.15, 0.2) is 36.7 Å². The molecule has 0 radical (unpaired) electrons. The van der Waals surface area contributed by atoms with Crippen LogP contribution < -0.4 is 5.32 Å². The van der Waals surface area contributed by atoms with Crippen LogP contribution in [0.1, 0.15) is 34.5 Å². The Hall–Kier alpha value is -2.43. The van der Waals surface area contributed by atoms with Gasteiger partial charge in [0.1, 0.15) is 5.82 Å². The SMILES string of the molecule is Cc1c(NC(C)c2cncc(F)c2)cccc1C(=O)O. The van der Waals surface area contributed by atoms with Crippen LogP contribution in [0, 0.1) is 12.7 Å². The van der Waals surface area contributed by atoms with Gasteiger partial charge in [0.2, 0.25) is 0 Å². The van der Waals surface area contributed by atoms with E-state index in [4.69, 9.17) is 5.11 Å². The molecule has 1 aromatic carbocycles. The molecule has 0 spiro atoms. The summed E-state index contributed by atoms with van der Waals surface area (Å²) in [6.07, 6.45) is 2.73.